The molecule has 0 unspecified atom stereocenters. The quantitative estimate of drug-likeness (QED) is 0.636. The third-order valence-electron chi connectivity index (χ3n) is 2.09. The van der Waals surface area contributed by atoms with Crippen molar-refractivity contribution in [3.63, 3.8) is 0 Å². The minimum Gasteiger partial charge on any atom is -0.396 e. The van der Waals surface area contributed by atoms with Crippen LogP contribution in [0.15, 0.2) is 29.2 Å². The topological polar surface area (TPSA) is 92.4 Å². The molecule has 0 heterocycles. The van der Waals surface area contributed by atoms with Gasteiger partial charge in [0, 0.05) is 13.2 Å². The van der Waals surface area contributed by atoms with Crippen LogP contribution in [0.4, 0.5) is 5.69 Å². The van der Waals surface area contributed by atoms with Gasteiger partial charge in [-0.3, -0.25) is 0 Å². The number of aliphatic hydroxyl groups excluding tert-OH is 1. The van der Waals surface area contributed by atoms with Crippen LogP contribution in [0.25, 0.3) is 0 Å². The van der Waals surface area contributed by atoms with Crippen molar-refractivity contribution in [3.8, 4) is 0 Å². The number of rotatable bonds is 6. The first kappa shape index (κ1) is 13.0. The summed E-state index contributed by atoms with van der Waals surface area (Å²) >= 11 is 0. The largest absolute Gasteiger partial charge is 0.396 e. The van der Waals surface area contributed by atoms with Gasteiger partial charge in [0.15, 0.2) is 0 Å². The lowest BCUT2D eigenvalue weighted by atomic mass is 10.3. The van der Waals surface area contributed by atoms with Gasteiger partial charge in [-0.25, -0.2) is 13.6 Å². The number of anilines is 1. The molecule has 5 nitrogen and oxygen atoms in total. The molecule has 90 valence electrons. The highest BCUT2D eigenvalue weighted by atomic mass is 32.2. The molecule has 1 rings (SSSR count). The molecule has 0 radical (unpaired) electrons. The molecule has 0 aliphatic rings. The van der Waals surface area contributed by atoms with Gasteiger partial charge in [-0.05, 0) is 25.0 Å². The summed E-state index contributed by atoms with van der Waals surface area (Å²) in [5, 5.41) is 16.7. The third kappa shape index (κ3) is 3.80. The summed E-state index contributed by atoms with van der Waals surface area (Å²) in [5.74, 6) is 0. The number of unbranched alkanes of at least 4 members (excludes halogenated alkanes) is 1. The van der Waals surface area contributed by atoms with Gasteiger partial charge in [-0.15, -0.1) is 0 Å². The van der Waals surface area contributed by atoms with Crippen LogP contribution in [-0.4, -0.2) is 26.7 Å². The van der Waals surface area contributed by atoms with Gasteiger partial charge >= 0.3 is 0 Å². The van der Waals surface area contributed by atoms with Gasteiger partial charge < -0.3 is 10.4 Å². The molecule has 0 aliphatic carbocycles. The van der Waals surface area contributed by atoms with Crippen LogP contribution >= 0.6 is 0 Å². The Bertz CT molecular complexity index is 431. The summed E-state index contributed by atoms with van der Waals surface area (Å²) in [5.41, 5.74) is 0.503. The molecule has 0 bridgehead atoms. The lowest BCUT2D eigenvalue weighted by molar-refractivity contribution is 0.286. The zero-order valence-corrected chi connectivity index (χ0v) is 9.70. The lowest BCUT2D eigenvalue weighted by Gasteiger charge is -2.09. The SMILES string of the molecule is NS(=O)(=O)c1ccccc1NCCCCO. The van der Waals surface area contributed by atoms with Crippen LogP contribution in [0.5, 0.6) is 0 Å². The number of primary sulfonamides is 1. The van der Waals surface area contributed by atoms with E-state index in [1.165, 1.54) is 6.07 Å². The molecule has 6 heteroatoms. The van der Waals surface area contributed by atoms with E-state index in [0.717, 1.165) is 6.42 Å². The summed E-state index contributed by atoms with van der Waals surface area (Å²) < 4.78 is 22.5. The molecule has 16 heavy (non-hydrogen) atoms. The highest BCUT2D eigenvalue weighted by Crippen LogP contribution is 2.18. The second-order valence-electron chi connectivity index (χ2n) is 3.40. The minimum atomic E-state index is -3.69. The Kier molecular flexibility index (Phi) is 4.72. The molecular formula is C10H16N2O3S. The molecule has 0 saturated heterocycles. The normalized spacial score (nSPS) is 11.4. The van der Waals surface area contributed by atoms with Crippen molar-refractivity contribution in [1.82, 2.24) is 0 Å². The molecule has 1 aromatic carbocycles. The predicted molar refractivity (Wildman–Crippen MR) is 62.6 cm³/mol. The van der Waals surface area contributed by atoms with Gasteiger partial charge in [0.05, 0.1) is 5.69 Å². The fourth-order valence-electron chi connectivity index (χ4n) is 1.32. The van der Waals surface area contributed by atoms with E-state index in [2.05, 4.69) is 5.32 Å². The van der Waals surface area contributed by atoms with E-state index in [1.807, 2.05) is 0 Å². The summed E-state index contributed by atoms with van der Waals surface area (Å²) in [7, 11) is -3.69. The zero-order chi connectivity index (χ0) is 12.0. The van der Waals surface area contributed by atoms with Crippen LogP contribution in [-0.2, 0) is 10.0 Å². The summed E-state index contributed by atoms with van der Waals surface area (Å²) in [4.78, 5) is 0.0963. The molecule has 1 aromatic rings. The van der Waals surface area contributed by atoms with Gasteiger partial charge in [0.2, 0.25) is 10.0 Å². The zero-order valence-electron chi connectivity index (χ0n) is 8.89. The number of sulfonamides is 1. The first-order valence-corrected chi connectivity index (χ1v) is 6.57. The maximum absolute atomic E-state index is 11.2. The lowest BCUT2D eigenvalue weighted by Crippen LogP contribution is -2.15. The number of para-hydroxylation sites is 1. The maximum atomic E-state index is 11.2. The molecule has 0 aliphatic heterocycles. The highest BCUT2D eigenvalue weighted by molar-refractivity contribution is 7.89. The fraction of sp³-hybridized carbons (Fsp3) is 0.400. The first-order chi connectivity index (χ1) is 7.55. The Morgan fingerprint density at radius 3 is 2.56 bits per heavy atom. The molecule has 0 spiro atoms. The predicted octanol–water partition coefficient (Wildman–Crippen LogP) is 0.518. The standard InChI is InChI=1S/C10H16N2O3S/c11-16(14,15)10-6-2-1-5-9(10)12-7-3-4-8-13/h1-2,5-6,12-13H,3-4,7-8H2,(H2,11,14,15). The minimum absolute atomic E-state index is 0.0963. The van der Waals surface area contributed by atoms with E-state index in [1.54, 1.807) is 18.2 Å². The van der Waals surface area contributed by atoms with Gasteiger partial charge in [0.1, 0.15) is 4.90 Å². The maximum Gasteiger partial charge on any atom is 0.240 e. The third-order valence-corrected chi connectivity index (χ3v) is 3.06. The van der Waals surface area contributed by atoms with E-state index in [0.29, 0.717) is 18.7 Å². The fourth-order valence-corrected chi connectivity index (χ4v) is 2.04. The Labute approximate surface area is 95.3 Å². The van der Waals surface area contributed by atoms with Crippen LogP contribution < -0.4 is 10.5 Å². The number of nitrogens with two attached hydrogens (primary N) is 1. The highest BCUT2D eigenvalue weighted by Gasteiger charge is 2.12. The van der Waals surface area contributed by atoms with E-state index >= 15 is 0 Å². The van der Waals surface area contributed by atoms with E-state index < -0.39 is 10.0 Å². The number of benzene rings is 1. The van der Waals surface area contributed by atoms with Gasteiger partial charge in [-0.1, -0.05) is 12.1 Å². The van der Waals surface area contributed by atoms with Gasteiger partial charge in [0.25, 0.3) is 0 Å². The molecule has 0 saturated carbocycles. The second kappa shape index (κ2) is 5.83. The molecule has 4 N–H and O–H groups in total. The van der Waals surface area contributed by atoms with Crippen molar-refractivity contribution in [2.24, 2.45) is 5.14 Å². The Morgan fingerprint density at radius 2 is 1.94 bits per heavy atom. The second-order valence-corrected chi connectivity index (χ2v) is 4.93. The average molecular weight is 244 g/mol. The van der Waals surface area contributed by atoms with Crippen molar-refractivity contribution in [3.05, 3.63) is 24.3 Å². The van der Waals surface area contributed by atoms with E-state index in [4.69, 9.17) is 10.2 Å². The van der Waals surface area contributed by atoms with Crippen molar-refractivity contribution in [2.75, 3.05) is 18.5 Å². The van der Waals surface area contributed by atoms with E-state index in [9.17, 15) is 8.42 Å². The van der Waals surface area contributed by atoms with Crippen molar-refractivity contribution in [1.29, 1.82) is 0 Å². The molecular weight excluding hydrogens is 228 g/mol. The number of hydrogen-bond acceptors (Lipinski definition) is 4. The molecule has 0 fully saturated rings. The Balaban J connectivity index is 2.73. The van der Waals surface area contributed by atoms with E-state index in [-0.39, 0.29) is 11.5 Å². The Hall–Kier alpha value is -1.11. The van der Waals surface area contributed by atoms with Crippen molar-refractivity contribution < 1.29 is 13.5 Å². The first-order valence-electron chi connectivity index (χ1n) is 5.02. The molecule has 0 aromatic heterocycles. The monoisotopic (exact) mass is 244 g/mol. The van der Waals surface area contributed by atoms with Gasteiger partial charge in [-0.2, -0.15) is 0 Å². The summed E-state index contributed by atoms with van der Waals surface area (Å²) in [6.45, 7) is 0.742. The van der Waals surface area contributed by atoms with Crippen LogP contribution in [0.3, 0.4) is 0 Å². The van der Waals surface area contributed by atoms with Crippen molar-refractivity contribution >= 4 is 15.7 Å². The average Bonchev–Trinajstić information content (AvgIpc) is 2.24. The molecule has 0 amide bonds. The number of nitrogens with one attached hydrogen (secondary N) is 1. The van der Waals surface area contributed by atoms with Crippen LogP contribution in [0.2, 0.25) is 0 Å². The van der Waals surface area contributed by atoms with Crippen molar-refractivity contribution in [2.45, 2.75) is 17.7 Å². The Morgan fingerprint density at radius 1 is 1.25 bits per heavy atom. The summed E-state index contributed by atoms with van der Waals surface area (Å²) in [6, 6.07) is 6.49. The van der Waals surface area contributed by atoms with Crippen LogP contribution in [0.1, 0.15) is 12.8 Å². The number of hydrogen-bond donors (Lipinski definition) is 3. The summed E-state index contributed by atoms with van der Waals surface area (Å²) in [6.07, 6.45) is 1.46. The van der Waals surface area contributed by atoms with Crippen LogP contribution in [0, 0.1) is 0 Å². The smallest absolute Gasteiger partial charge is 0.240 e. The molecule has 0 atom stereocenters. The number of aliphatic hydroxyl groups is 1.